The Hall–Kier alpha value is -0.730. The van der Waals surface area contributed by atoms with Crippen molar-refractivity contribution in [3.63, 3.8) is 0 Å². The molecule has 1 aliphatic rings. The molecule has 0 atom stereocenters. The van der Waals surface area contributed by atoms with Crippen molar-refractivity contribution in [2.75, 3.05) is 45.5 Å². The largest absolute Gasteiger partial charge is 0.299 e. The van der Waals surface area contributed by atoms with Crippen molar-refractivity contribution in [2.45, 2.75) is 6.54 Å². The van der Waals surface area contributed by atoms with E-state index in [2.05, 4.69) is 14.5 Å². The topological polar surface area (TPSA) is 52.7 Å². The van der Waals surface area contributed by atoms with E-state index in [1.807, 2.05) is 0 Å². The van der Waals surface area contributed by atoms with E-state index in [0.717, 1.165) is 32.4 Å². The van der Waals surface area contributed by atoms with E-state index in [4.69, 9.17) is 11.6 Å². The molecule has 1 fully saturated rings. The Labute approximate surface area is 136 Å². The van der Waals surface area contributed by atoms with E-state index in [1.54, 1.807) is 12.1 Å². The molecular weight excluding hydrogens is 329 g/mol. The van der Waals surface area contributed by atoms with Gasteiger partial charge in [-0.05, 0) is 12.1 Å². The predicted molar refractivity (Wildman–Crippen MR) is 86.0 cm³/mol. The normalized spacial score (nSPS) is 17.8. The molecule has 22 heavy (non-hydrogen) atoms. The molecule has 0 bridgehead atoms. The molecule has 0 radical (unpaired) electrons. The zero-order chi connectivity index (χ0) is 16.2. The third-order valence-corrected chi connectivity index (χ3v) is 4.78. The first-order valence-electron chi connectivity index (χ1n) is 7.17. The van der Waals surface area contributed by atoms with Gasteiger partial charge in [0.1, 0.15) is 5.82 Å². The van der Waals surface area contributed by atoms with Gasteiger partial charge in [0.2, 0.25) is 10.0 Å². The Bertz CT molecular complexity index is 584. The molecule has 124 valence electrons. The highest BCUT2D eigenvalue weighted by Crippen LogP contribution is 2.21. The first-order chi connectivity index (χ1) is 10.3. The van der Waals surface area contributed by atoms with E-state index in [1.165, 1.54) is 6.07 Å². The zero-order valence-corrected chi connectivity index (χ0v) is 14.1. The minimum atomic E-state index is -3.13. The fourth-order valence-electron chi connectivity index (χ4n) is 2.47. The third kappa shape index (κ3) is 5.48. The maximum atomic E-state index is 13.8. The van der Waals surface area contributed by atoms with Crippen molar-refractivity contribution >= 4 is 21.6 Å². The molecule has 1 saturated heterocycles. The molecule has 0 unspecified atom stereocenters. The molecule has 1 heterocycles. The second kappa shape index (κ2) is 7.70. The number of sulfonamides is 1. The first-order valence-corrected chi connectivity index (χ1v) is 9.44. The summed E-state index contributed by atoms with van der Waals surface area (Å²) in [6.07, 6.45) is 1.16. The van der Waals surface area contributed by atoms with E-state index >= 15 is 0 Å². The average molecular weight is 350 g/mol. The highest BCUT2D eigenvalue weighted by atomic mass is 35.5. The van der Waals surface area contributed by atoms with E-state index in [9.17, 15) is 12.8 Å². The number of nitrogens with one attached hydrogen (secondary N) is 1. The molecule has 1 N–H and O–H groups in total. The number of hydrogen-bond acceptors (Lipinski definition) is 4. The predicted octanol–water partition coefficient (Wildman–Crippen LogP) is 1.15. The van der Waals surface area contributed by atoms with Crippen LogP contribution in [-0.4, -0.2) is 63.7 Å². The molecule has 0 saturated carbocycles. The molecule has 0 aromatic heterocycles. The smallest absolute Gasteiger partial charge is 0.208 e. The molecule has 1 aliphatic heterocycles. The quantitative estimate of drug-likeness (QED) is 0.837. The van der Waals surface area contributed by atoms with Crippen LogP contribution in [0.1, 0.15) is 5.56 Å². The van der Waals surface area contributed by atoms with Crippen molar-refractivity contribution in [1.82, 2.24) is 14.5 Å². The first kappa shape index (κ1) is 17.6. The lowest BCUT2D eigenvalue weighted by Gasteiger charge is -2.34. The lowest BCUT2D eigenvalue weighted by molar-refractivity contribution is 0.128. The SMILES string of the molecule is CS(=O)(=O)NCCN1CCN(Cc2c(F)cccc2Cl)CC1. The fraction of sp³-hybridized carbons (Fsp3) is 0.571. The van der Waals surface area contributed by atoms with Crippen molar-refractivity contribution in [3.8, 4) is 0 Å². The van der Waals surface area contributed by atoms with Crippen LogP contribution in [0.2, 0.25) is 5.02 Å². The van der Waals surface area contributed by atoms with Crippen LogP contribution < -0.4 is 4.72 Å². The summed E-state index contributed by atoms with van der Waals surface area (Å²) in [5.74, 6) is -0.271. The lowest BCUT2D eigenvalue weighted by atomic mass is 10.2. The van der Waals surface area contributed by atoms with Crippen LogP contribution in [0.3, 0.4) is 0 Å². The molecule has 0 amide bonds. The van der Waals surface area contributed by atoms with E-state index in [0.29, 0.717) is 30.2 Å². The maximum absolute atomic E-state index is 13.8. The number of hydrogen-bond donors (Lipinski definition) is 1. The summed E-state index contributed by atoms with van der Waals surface area (Å²) in [4.78, 5) is 4.35. The molecule has 8 heteroatoms. The van der Waals surface area contributed by atoms with E-state index < -0.39 is 10.0 Å². The van der Waals surface area contributed by atoms with Gasteiger partial charge in [0.05, 0.1) is 6.26 Å². The van der Waals surface area contributed by atoms with Gasteiger partial charge in [-0.3, -0.25) is 9.80 Å². The zero-order valence-electron chi connectivity index (χ0n) is 12.6. The van der Waals surface area contributed by atoms with Gasteiger partial charge in [-0.1, -0.05) is 17.7 Å². The standard InChI is InChI=1S/C14H21ClFN3O2S/c1-22(20,21)17-5-6-18-7-9-19(10-8-18)11-12-13(15)3-2-4-14(12)16/h2-4,17H,5-11H2,1H3. The summed E-state index contributed by atoms with van der Waals surface area (Å²) in [6, 6.07) is 4.73. The van der Waals surface area contributed by atoms with Crippen LogP contribution in [0.25, 0.3) is 0 Å². The van der Waals surface area contributed by atoms with Crippen molar-refractivity contribution in [3.05, 3.63) is 34.6 Å². The van der Waals surface area contributed by atoms with Gasteiger partial charge in [0.15, 0.2) is 0 Å². The number of nitrogens with zero attached hydrogens (tertiary/aromatic N) is 2. The van der Waals surface area contributed by atoms with Gasteiger partial charge in [-0.25, -0.2) is 17.5 Å². The minimum absolute atomic E-state index is 0.271. The highest BCUT2D eigenvalue weighted by Gasteiger charge is 2.19. The van der Waals surface area contributed by atoms with Crippen LogP contribution in [-0.2, 0) is 16.6 Å². The Morgan fingerprint density at radius 2 is 1.86 bits per heavy atom. The van der Waals surface area contributed by atoms with Crippen LogP contribution in [0, 0.1) is 5.82 Å². The molecule has 5 nitrogen and oxygen atoms in total. The lowest BCUT2D eigenvalue weighted by Crippen LogP contribution is -2.48. The fourth-order valence-corrected chi connectivity index (χ4v) is 3.15. The van der Waals surface area contributed by atoms with Gasteiger partial charge >= 0.3 is 0 Å². The Balaban J connectivity index is 1.78. The number of piperazine rings is 1. The van der Waals surface area contributed by atoms with Crippen molar-refractivity contribution in [2.24, 2.45) is 0 Å². The maximum Gasteiger partial charge on any atom is 0.208 e. The molecule has 2 rings (SSSR count). The Kier molecular flexibility index (Phi) is 6.17. The summed E-state index contributed by atoms with van der Waals surface area (Å²) < 4.78 is 38.3. The second-order valence-electron chi connectivity index (χ2n) is 5.48. The van der Waals surface area contributed by atoms with Gasteiger partial charge in [0.25, 0.3) is 0 Å². The Morgan fingerprint density at radius 1 is 1.23 bits per heavy atom. The minimum Gasteiger partial charge on any atom is -0.299 e. The molecular formula is C14H21ClFN3O2S. The Morgan fingerprint density at radius 3 is 2.45 bits per heavy atom. The van der Waals surface area contributed by atoms with Crippen LogP contribution in [0.5, 0.6) is 0 Å². The summed E-state index contributed by atoms with van der Waals surface area (Å²) in [7, 11) is -3.13. The molecule has 0 spiro atoms. The summed E-state index contributed by atoms with van der Waals surface area (Å²) in [5, 5.41) is 0.458. The van der Waals surface area contributed by atoms with E-state index in [-0.39, 0.29) is 5.82 Å². The number of rotatable bonds is 6. The summed E-state index contributed by atoms with van der Waals surface area (Å²) in [6.45, 7) is 4.88. The van der Waals surface area contributed by atoms with Crippen LogP contribution in [0.4, 0.5) is 4.39 Å². The highest BCUT2D eigenvalue weighted by molar-refractivity contribution is 7.88. The summed E-state index contributed by atoms with van der Waals surface area (Å²) >= 11 is 6.05. The van der Waals surface area contributed by atoms with Gasteiger partial charge in [-0.15, -0.1) is 0 Å². The summed E-state index contributed by atoms with van der Waals surface area (Å²) in [5.41, 5.74) is 0.538. The van der Waals surface area contributed by atoms with Crippen molar-refractivity contribution in [1.29, 1.82) is 0 Å². The van der Waals surface area contributed by atoms with Gasteiger partial charge in [-0.2, -0.15) is 0 Å². The van der Waals surface area contributed by atoms with Crippen molar-refractivity contribution < 1.29 is 12.8 Å². The average Bonchev–Trinajstić information content (AvgIpc) is 2.43. The van der Waals surface area contributed by atoms with Gasteiger partial charge in [0, 0.05) is 56.4 Å². The van der Waals surface area contributed by atoms with Crippen LogP contribution >= 0.6 is 11.6 Å². The second-order valence-corrected chi connectivity index (χ2v) is 7.72. The number of halogens is 2. The van der Waals surface area contributed by atoms with Crippen LogP contribution in [0.15, 0.2) is 18.2 Å². The van der Waals surface area contributed by atoms with Gasteiger partial charge < -0.3 is 0 Å². The monoisotopic (exact) mass is 349 g/mol. The molecule has 1 aromatic carbocycles. The molecule has 0 aliphatic carbocycles. The third-order valence-electron chi connectivity index (χ3n) is 3.70. The number of benzene rings is 1. The molecule has 1 aromatic rings.